The molecule has 0 fully saturated rings. The lowest BCUT2D eigenvalue weighted by Gasteiger charge is -2.06. The largest absolute Gasteiger partial charge is 0.515 e. The third kappa shape index (κ3) is 4.21. The van der Waals surface area contributed by atoms with Crippen LogP contribution in [0.15, 0.2) is 23.1 Å². The Morgan fingerprint density at radius 2 is 2.22 bits per heavy atom. The van der Waals surface area contributed by atoms with Gasteiger partial charge >= 0.3 is 0 Å². The van der Waals surface area contributed by atoms with Gasteiger partial charge in [0.15, 0.2) is 0 Å². The number of amides is 1. The summed E-state index contributed by atoms with van der Waals surface area (Å²) < 4.78 is 0. The van der Waals surface area contributed by atoms with Crippen molar-refractivity contribution in [3.05, 3.63) is 34.5 Å². The predicted octanol–water partition coefficient (Wildman–Crippen LogP) is 1.13. The molecule has 0 aromatic rings. The fourth-order valence-electron chi connectivity index (χ4n) is 0.976. The van der Waals surface area contributed by atoms with E-state index in [0.717, 1.165) is 0 Å². The molecule has 0 saturated heterocycles. The van der Waals surface area contributed by atoms with Crippen molar-refractivity contribution in [1.29, 1.82) is 10.5 Å². The standard InChI is InChI=1S/C11H10N4O2S/c1-14-10(6-13)8(5-12)9(7-16)11(17)15-3-4-18-2/h7,16H,3-4H2,2H3,(H,15,17)/b9-7+,10-8+. The first-order chi connectivity index (χ1) is 8.65. The van der Waals surface area contributed by atoms with Crippen molar-refractivity contribution in [3.8, 4) is 12.1 Å². The number of aliphatic hydroxyl groups excluding tert-OH is 1. The number of rotatable bonds is 5. The average Bonchev–Trinajstić information content (AvgIpc) is 2.39. The first kappa shape index (κ1) is 15.6. The van der Waals surface area contributed by atoms with Gasteiger partial charge in [0, 0.05) is 12.3 Å². The minimum Gasteiger partial charge on any atom is -0.515 e. The maximum Gasteiger partial charge on any atom is 0.280 e. The molecule has 1 amide bonds. The summed E-state index contributed by atoms with van der Waals surface area (Å²) in [4.78, 5) is 14.5. The number of carbonyl (C=O) groups is 1. The number of aliphatic hydroxyl groups is 1. The van der Waals surface area contributed by atoms with Crippen molar-refractivity contribution < 1.29 is 9.90 Å². The lowest BCUT2D eigenvalue weighted by molar-refractivity contribution is -0.117. The van der Waals surface area contributed by atoms with E-state index >= 15 is 0 Å². The van der Waals surface area contributed by atoms with Crippen molar-refractivity contribution in [2.75, 3.05) is 18.6 Å². The Morgan fingerprint density at radius 1 is 1.56 bits per heavy atom. The van der Waals surface area contributed by atoms with E-state index in [-0.39, 0.29) is 5.57 Å². The first-order valence-corrected chi connectivity index (χ1v) is 6.09. The number of nitriles is 2. The van der Waals surface area contributed by atoms with E-state index in [1.807, 2.05) is 6.26 Å². The molecule has 0 radical (unpaired) electrons. The summed E-state index contributed by atoms with van der Waals surface area (Å²) in [5, 5.41) is 28.9. The number of hydrogen-bond donors (Lipinski definition) is 2. The summed E-state index contributed by atoms with van der Waals surface area (Å²) in [5.41, 5.74) is -1.35. The summed E-state index contributed by atoms with van der Waals surface area (Å²) >= 11 is 1.52. The maximum atomic E-state index is 11.6. The minimum atomic E-state index is -0.695. The van der Waals surface area contributed by atoms with Gasteiger partial charge in [0.2, 0.25) is 0 Å². The molecule has 0 rings (SSSR count). The maximum absolute atomic E-state index is 11.6. The summed E-state index contributed by atoms with van der Waals surface area (Å²) in [6.07, 6.45) is 2.29. The number of thioether (sulfide) groups is 1. The van der Waals surface area contributed by atoms with Crippen LogP contribution in [0.5, 0.6) is 0 Å². The molecule has 92 valence electrons. The zero-order chi connectivity index (χ0) is 14.0. The normalized spacial score (nSPS) is 11.6. The molecule has 0 aromatic heterocycles. The quantitative estimate of drug-likeness (QED) is 0.193. The number of hydrogen-bond acceptors (Lipinski definition) is 5. The van der Waals surface area contributed by atoms with Crippen LogP contribution in [0.2, 0.25) is 0 Å². The predicted molar refractivity (Wildman–Crippen MR) is 67.0 cm³/mol. The van der Waals surface area contributed by atoms with E-state index in [9.17, 15) is 4.79 Å². The molecular weight excluding hydrogens is 252 g/mol. The second kappa shape index (κ2) is 8.69. The van der Waals surface area contributed by atoms with Crippen LogP contribution in [-0.2, 0) is 4.79 Å². The zero-order valence-corrected chi connectivity index (χ0v) is 10.4. The smallest absolute Gasteiger partial charge is 0.280 e. The van der Waals surface area contributed by atoms with Crippen LogP contribution in [0.4, 0.5) is 0 Å². The number of nitrogens with one attached hydrogen (secondary N) is 1. The molecule has 7 heteroatoms. The van der Waals surface area contributed by atoms with Crippen molar-refractivity contribution in [3.63, 3.8) is 0 Å². The molecule has 18 heavy (non-hydrogen) atoms. The highest BCUT2D eigenvalue weighted by atomic mass is 32.2. The van der Waals surface area contributed by atoms with E-state index in [0.29, 0.717) is 18.6 Å². The first-order valence-electron chi connectivity index (χ1n) is 4.70. The van der Waals surface area contributed by atoms with Crippen LogP contribution >= 0.6 is 11.8 Å². The van der Waals surface area contributed by atoms with E-state index in [2.05, 4.69) is 10.2 Å². The second-order valence-corrected chi connectivity index (χ2v) is 3.84. The third-order valence-electron chi connectivity index (χ3n) is 1.80. The van der Waals surface area contributed by atoms with E-state index in [1.54, 1.807) is 6.07 Å². The van der Waals surface area contributed by atoms with Crippen molar-refractivity contribution in [2.24, 2.45) is 0 Å². The fourth-order valence-corrected chi connectivity index (χ4v) is 1.28. The highest BCUT2D eigenvalue weighted by Crippen LogP contribution is 2.15. The summed E-state index contributed by atoms with van der Waals surface area (Å²) in [6.45, 7) is 7.08. The topological polar surface area (TPSA) is 101 Å². The van der Waals surface area contributed by atoms with Gasteiger partial charge in [0.05, 0.1) is 36.1 Å². The minimum absolute atomic E-state index is 0.357. The van der Waals surface area contributed by atoms with Crippen LogP contribution in [0.25, 0.3) is 4.85 Å². The van der Waals surface area contributed by atoms with Gasteiger partial charge in [-0.3, -0.25) is 4.79 Å². The average molecular weight is 262 g/mol. The SMILES string of the molecule is [C-]#[N+]/C(C#N)=C(C#N)/C(=C\O)C(=O)NCCSC. The lowest BCUT2D eigenvalue weighted by Crippen LogP contribution is -2.28. The highest BCUT2D eigenvalue weighted by molar-refractivity contribution is 7.98. The fraction of sp³-hybridized carbons (Fsp3) is 0.273. The van der Waals surface area contributed by atoms with Crippen molar-refractivity contribution >= 4 is 17.7 Å². The molecular formula is C11H10N4O2S. The Balaban J connectivity index is 5.19. The molecule has 0 aliphatic rings. The Labute approximate surface area is 109 Å². The van der Waals surface area contributed by atoms with Gasteiger partial charge < -0.3 is 10.4 Å². The van der Waals surface area contributed by atoms with Crippen molar-refractivity contribution in [2.45, 2.75) is 0 Å². The molecule has 2 N–H and O–H groups in total. The Bertz CT molecular complexity index is 487. The van der Waals surface area contributed by atoms with Gasteiger partial charge in [-0.25, -0.2) is 10.1 Å². The van der Waals surface area contributed by atoms with Gasteiger partial charge in [0.1, 0.15) is 0 Å². The molecule has 0 unspecified atom stereocenters. The molecule has 0 aliphatic heterocycles. The molecule has 0 saturated carbocycles. The molecule has 0 heterocycles. The van der Waals surface area contributed by atoms with E-state index in [1.165, 1.54) is 17.8 Å². The Morgan fingerprint density at radius 3 is 2.61 bits per heavy atom. The van der Waals surface area contributed by atoms with Gasteiger partial charge in [0.25, 0.3) is 11.6 Å². The summed E-state index contributed by atoms with van der Waals surface area (Å²) in [5.74, 6) is -0.0243. The number of allylic oxidation sites excluding steroid dienone is 1. The van der Waals surface area contributed by atoms with Crippen LogP contribution in [0.3, 0.4) is 0 Å². The van der Waals surface area contributed by atoms with Crippen LogP contribution in [0, 0.1) is 29.2 Å². The van der Waals surface area contributed by atoms with Gasteiger partial charge in [-0.05, 0) is 6.26 Å². The molecule has 0 bridgehead atoms. The summed E-state index contributed by atoms with van der Waals surface area (Å²) in [6, 6.07) is 3.08. The molecule has 6 nitrogen and oxygen atoms in total. The van der Waals surface area contributed by atoms with Gasteiger partial charge in [-0.2, -0.15) is 17.0 Å². The van der Waals surface area contributed by atoms with Crippen LogP contribution < -0.4 is 5.32 Å². The molecule has 0 atom stereocenters. The zero-order valence-electron chi connectivity index (χ0n) is 9.60. The monoisotopic (exact) mass is 262 g/mol. The highest BCUT2D eigenvalue weighted by Gasteiger charge is 2.18. The van der Waals surface area contributed by atoms with E-state index < -0.39 is 17.2 Å². The van der Waals surface area contributed by atoms with Gasteiger partial charge in [-0.15, -0.1) is 0 Å². The number of nitrogens with zero attached hydrogens (tertiary/aromatic N) is 3. The van der Waals surface area contributed by atoms with Crippen LogP contribution in [0.1, 0.15) is 0 Å². The van der Waals surface area contributed by atoms with Crippen molar-refractivity contribution in [1.82, 2.24) is 5.32 Å². The van der Waals surface area contributed by atoms with Crippen LogP contribution in [-0.4, -0.2) is 29.6 Å². The second-order valence-electron chi connectivity index (χ2n) is 2.85. The van der Waals surface area contributed by atoms with E-state index in [4.69, 9.17) is 22.2 Å². The molecule has 0 spiro atoms. The molecule has 0 aromatic carbocycles. The summed E-state index contributed by atoms with van der Waals surface area (Å²) in [7, 11) is 0. The number of carbonyl (C=O) groups excluding carboxylic acids is 1. The third-order valence-corrected chi connectivity index (χ3v) is 2.41. The molecule has 0 aliphatic carbocycles. The Hall–Kier alpha value is -2.43. The van der Waals surface area contributed by atoms with Gasteiger partial charge in [-0.1, -0.05) is 0 Å². The Kier molecular flexibility index (Phi) is 7.52. The lowest BCUT2D eigenvalue weighted by atomic mass is 10.1.